The zero-order chi connectivity index (χ0) is 29.0. The number of ether oxygens (including phenoxy) is 2. The van der Waals surface area contributed by atoms with Gasteiger partial charge < -0.3 is 14.8 Å². The van der Waals surface area contributed by atoms with Crippen LogP contribution in [0.3, 0.4) is 0 Å². The summed E-state index contributed by atoms with van der Waals surface area (Å²) in [6.07, 6.45) is 1.57. The first-order valence-corrected chi connectivity index (χ1v) is 14.6. The van der Waals surface area contributed by atoms with Gasteiger partial charge in [-0.3, -0.25) is 19.3 Å². The summed E-state index contributed by atoms with van der Waals surface area (Å²) < 4.78 is 12.4. The number of carbonyl (C=O) groups is 3. The lowest BCUT2D eigenvalue weighted by Gasteiger charge is -2.15. The molecule has 0 aromatic heterocycles. The van der Waals surface area contributed by atoms with Crippen LogP contribution in [0.15, 0.2) is 57.9 Å². The summed E-state index contributed by atoms with van der Waals surface area (Å²) in [6.45, 7) is 3.81. The summed E-state index contributed by atoms with van der Waals surface area (Å²) >= 11 is 22.4. The highest BCUT2D eigenvalue weighted by Gasteiger charge is 2.36. The van der Waals surface area contributed by atoms with E-state index in [0.29, 0.717) is 48.9 Å². The number of nitrogens with one attached hydrogen (secondary N) is 1. The fourth-order valence-electron chi connectivity index (χ4n) is 3.71. The predicted molar refractivity (Wildman–Crippen MR) is 164 cm³/mol. The summed E-state index contributed by atoms with van der Waals surface area (Å²) in [5.41, 5.74) is 2.72. The van der Waals surface area contributed by atoms with E-state index in [0.717, 1.165) is 27.8 Å². The number of hydrogen-bond donors (Lipinski definition) is 1. The van der Waals surface area contributed by atoms with Crippen LogP contribution in [0.1, 0.15) is 23.6 Å². The van der Waals surface area contributed by atoms with E-state index < -0.39 is 23.6 Å². The second-order valence-electron chi connectivity index (χ2n) is 8.58. The van der Waals surface area contributed by atoms with Gasteiger partial charge in [-0.15, -0.1) is 0 Å². The van der Waals surface area contributed by atoms with Crippen molar-refractivity contribution >= 4 is 91.3 Å². The molecule has 1 aliphatic rings. The first-order valence-electron chi connectivity index (χ1n) is 11.9. The molecule has 0 aliphatic carbocycles. The van der Waals surface area contributed by atoms with Crippen molar-refractivity contribution in [2.75, 3.05) is 18.5 Å². The van der Waals surface area contributed by atoms with Crippen LogP contribution in [-0.2, 0) is 16.2 Å². The van der Waals surface area contributed by atoms with Crippen molar-refractivity contribution in [1.29, 1.82) is 0 Å². The highest BCUT2D eigenvalue weighted by Crippen LogP contribution is 2.40. The Morgan fingerprint density at radius 2 is 1.82 bits per heavy atom. The lowest BCUT2D eigenvalue weighted by atomic mass is 10.1. The van der Waals surface area contributed by atoms with E-state index in [2.05, 4.69) is 21.2 Å². The Labute approximate surface area is 258 Å². The topological polar surface area (TPSA) is 84.9 Å². The molecule has 1 N–H and O–H groups in total. The summed E-state index contributed by atoms with van der Waals surface area (Å²) in [5, 5.41) is 3.49. The third kappa shape index (κ3) is 7.33. The molecular weight excluding hydrogens is 663 g/mol. The molecule has 40 heavy (non-hydrogen) atoms. The number of thioether (sulfide) groups is 1. The molecule has 1 heterocycles. The van der Waals surface area contributed by atoms with Crippen LogP contribution in [0.2, 0.25) is 15.1 Å². The van der Waals surface area contributed by atoms with Crippen molar-refractivity contribution in [3.05, 3.63) is 89.7 Å². The number of rotatable bonds is 9. The Balaban J connectivity index is 1.50. The number of carbonyl (C=O) groups excluding carboxylic acids is 3. The molecule has 0 saturated carbocycles. The molecule has 3 aromatic carbocycles. The van der Waals surface area contributed by atoms with Gasteiger partial charge in [0.25, 0.3) is 11.1 Å². The number of benzene rings is 3. The average molecular weight is 685 g/mol. The molecule has 0 spiro atoms. The minimum absolute atomic E-state index is 0.176. The van der Waals surface area contributed by atoms with Crippen molar-refractivity contribution in [2.45, 2.75) is 20.5 Å². The number of imide groups is 1. The van der Waals surface area contributed by atoms with Gasteiger partial charge in [0.1, 0.15) is 13.2 Å². The van der Waals surface area contributed by atoms with Gasteiger partial charge in [-0.1, -0.05) is 46.9 Å². The van der Waals surface area contributed by atoms with Gasteiger partial charge in [0.15, 0.2) is 11.5 Å². The molecule has 3 aromatic rings. The monoisotopic (exact) mass is 682 g/mol. The largest absolute Gasteiger partial charge is 0.490 e. The van der Waals surface area contributed by atoms with Gasteiger partial charge >= 0.3 is 0 Å². The van der Waals surface area contributed by atoms with E-state index in [1.807, 2.05) is 19.9 Å². The molecule has 1 aliphatic heterocycles. The standard InChI is InChI=1S/C28H22BrCl3N2O5S/c1-3-38-23-10-17(8-19(29)26(23)39-14-16-5-7-20(31)21(32)9-16)11-24-27(36)34(28(37)40-24)13-25(35)33-22-12-18(30)6-4-15(22)2/h4-12H,3,13-14H2,1-2H3,(H,33,35)/b24-11+. The molecule has 0 bridgehead atoms. The predicted octanol–water partition coefficient (Wildman–Crippen LogP) is 8.37. The van der Waals surface area contributed by atoms with Crippen LogP contribution in [-0.4, -0.2) is 35.1 Å². The molecule has 4 rings (SSSR count). The van der Waals surface area contributed by atoms with Gasteiger partial charge in [-0.05, 0) is 101 Å². The van der Waals surface area contributed by atoms with Gasteiger partial charge in [0.05, 0.1) is 26.0 Å². The van der Waals surface area contributed by atoms with Crippen molar-refractivity contribution < 1.29 is 23.9 Å². The van der Waals surface area contributed by atoms with Crippen LogP contribution in [0.25, 0.3) is 6.08 Å². The normalized spacial score (nSPS) is 14.2. The van der Waals surface area contributed by atoms with Crippen molar-refractivity contribution in [3.63, 3.8) is 0 Å². The number of amides is 3. The van der Waals surface area contributed by atoms with E-state index in [4.69, 9.17) is 44.3 Å². The van der Waals surface area contributed by atoms with Gasteiger partial charge in [-0.25, -0.2) is 0 Å². The van der Waals surface area contributed by atoms with E-state index in [-0.39, 0.29) is 11.5 Å². The first-order chi connectivity index (χ1) is 19.0. The van der Waals surface area contributed by atoms with E-state index in [1.54, 1.807) is 48.5 Å². The van der Waals surface area contributed by atoms with Crippen LogP contribution in [0.5, 0.6) is 11.5 Å². The Morgan fingerprint density at radius 3 is 2.55 bits per heavy atom. The summed E-state index contributed by atoms with van der Waals surface area (Å²) in [7, 11) is 0. The van der Waals surface area contributed by atoms with Gasteiger partial charge in [-0.2, -0.15) is 0 Å². The van der Waals surface area contributed by atoms with Crippen LogP contribution in [0, 0.1) is 6.92 Å². The second kappa shape index (κ2) is 13.3. The molecule has 0 radical (unpaired) electrons. The lowest BCUT2D eigenvalue weighted by Crippen LogP contribution is -2.36. The highest BCUT2D eigenvalue weighted by atomic mass is 79.9. The molecule has 12 heteroatoms. The van der Waals surface area contributed by atoms with Crippen molar-refractivity contribution in [2.24, 2.45) is 0 Å². The SMILES string of the molecule is CCOc1cc(/C=C2/SC(=O)N(CC(=O)Nc3cc(Cl)ccc3C)C2=O)cc(Br)c1OCc1ccc(Cl)c(Cl)c1. The van der Waals surface area contributed by atoms with E-state index in [9.17, 15) is 14.4 Å². The zero-order valence-corrected chi connectivity index (χ0v) is 25.9. The molecule has 7 nitrogen and oxygen atoms in total. The fraction of sp³-hybridized carbons (Fsp3) is 0.179. The number of aryl methyl sites for hydroxylation is 1. The van der Waals surface area contributed by atoms with Crippen LogP contribution < -0.4 is 14.8 Å². The average Bonchev–Trinajstić information content (AvgIpc) is 3.15. The molecule has 1 fully saturated rings. The molecule has 0 unspecified atom stereocenters. The first kappa shape index (κ1) is 30.3. The Hall–Kier alpha value is -2.69. The third-order valence-corrected chi connectivity index (χ3v) is 8.12. The third-order valence-electron chi connectivity index (χ3n) is 5.65. The second-order valence-corrected chi connectivity index (χ2v) is 11.7. The minimum Gasteiger partial charge on any atom is -0.490 e. The maximum atomic E-state index is 13.0. The number of hydrogen-bond acceptors (Lipinski definition) is 6. The van der Waals surface area contributed by atoms with Gasteiger partial charge in [0.2, 0.25) is 5.91 Å². The number of nitrogens with zero attached hydrogens (tertiary/aromatic N) is 1. The Kier molecular flexibility index (Phi) is 10.1. The maximum Gasteiger partial charge on any atom is 0.294 e. The molecule has 1 saturated heterocycles. The smallest absolute Gasteiger partial charge is 0.294 e. The zero-order valence-electron chi connectivity index (χ0n) is 21.2. The highest BCUT2D eigenvalue weighted by molar-refractivity contribution is 9.10. The van der Waals surface area contributed by atoms with Crippen molar-refractivity contribution in [3.8, 4) is 11.5 Å². The van der Waals surface area contributed by atoms with Crippen LogP contribution in [0.4, 0.5) is 10.5 Å². The van der Waals surface area contributed by atoms with E-state index in [1.165, 1.54) is 0 Å². The minimum atomic E-state index is -0.568. The number of halogens is 4. The molecule has 0 atom stereocenters. The molecular formula is C28H22BrCl3N2O5S. The maximum absolute atomic E-state index is 13.0. The fourth-order valence-corrected chi connectivity index (χ4v) is 5.61. The Morgan fingerprint density at radius 1 is 1.05 bits per heavy atom. The number of anilines is 1. The van der Waals surface area contributed by atoms with Crippen molar-refractivity contribution in [1.82, 2.24) is 4.90 Å². The van der Waals surface area contributed by atoms with E-state index >= 15 is 0 Å². The summed E-state index contributed by atoms with van der Waals surface area (Å²) in [5.74, 6) is -0.175. The lowest BCUT2D eigenvalue weighted by molar-refractivity contribution is -0.127. The van der Waals surface area contributed by atoms with Crippen LogP contribution >= 0.6 is 62.5 Å². The molecule has 208 valence electrons. The Bertz CT molecular complexity index is 1530. The summed E-state index contributed by atoms with van der Waals surface area (Å²) in [6, 6.07) is 13.8. The van der Waals surface area contributed by atoms with Gasteiger partial charge in [0, 0.05) is 10.7 Å². The quantitative estimate of drug-likeness (QED) is 0.228. The summed E-state index contributed by atoms with van der Waals surface area (Å²) in [4.78, 5) is 39.3. The molecule has 3 amide bonds.